The first-order valence-electron chi connectivity index (χ1n) is 11.8. The van der Waals surface area contributed by atoms with E-state index in [1.807, 2.05) is 76.2 Å². The molecule has 3 aromatic carbocycles. The topological polar surface area (TPSA) is 58.6 Å². The second-order valence-electron chi connectivity index (χ2n) is 9.05. The molecule has 3 rings (SSSR count). The van der Waals surface area contributed by atoms with Gasteiger partial charge in [-0.15, -0.1) is 0 Å². The van der Waals surface area contributed by atoms with Gasteiger partial charge in [0.2, 0.25) is 5.91 Å². The van der Waals surface area contributed by atoms with Gasteiger partial charge in [-0.05, 0) is 74.2 Å². The number of benzene rings is 3. The fourth-order valence-electron chi connectivity index (χ4n) is 3.75. The van der Waals surface area contributed by atoms with Crippen LogP contribution in [-0.2, 0) is 22.6 Å². The van der Waals surface area contributed by atoms with Gasteiger partial charge in [-0.1, -0.05) is 48.5 Å². The molecule has 0 saturated carbocycles. The summed E-state index contributed by atoms with van der Waals surface area (Å²) in [4.78, 5) is 28.3. The Kier molecular flexibility index (Phi) is 9.01. The highest BCUT2D eigenvalue weighted by Gasteiger charge is 2.31. The van der Waals surface area contributed by atoms with Crippen LogP contribution < -0.4 is 10.1 Å². The highest BCUT2D eigenvalue weighted by Crippen LogP contribution is 2.19. The zero-order valence-corrected chi connectivity index (χ0v) is 20.8. The molecule has 0 fully saturated rings. The van der Waals surface area contributed by atoms with Crippen molar-refractivity contribution in [2.45, 2.75) is 52.7 Å². The summed E-state index contributed by atoms with van der Waals surface area (Å²) in [7, 11) is 0. The summed E-state index contributed by atoms with van der Waals surface area (Å²) in [5, 5.41) is 2.95. The van der Waals surface area contributed by atoms with Crippen molar-refractivity contribution in [3.8, 4) is 5.75 Å². The number of carbonyl (C=O) groups is 2. The standard InChI is InChI=1S/C29H33FN2O3/c1-20(2)31-29(34)27(17-23-8-6-5-7-9-23)32(18-24-11-13-25(30)14-12-24)28(33)19-35-26-15-10-21(3)22(4)16-26/h5-16,20,27H,17-19H2,1-4H3,(H,31,34)/t27-/m1/s1. The number of halogens is 1. The Balaban J connectivity index is 1.90. The van der Waals surface area contributed by atoms with E-state index in [9.17, 15) is 14.0 Å². The van der Waals surface area contributed by atoms with Gasteiger partial charge in [-0.3, -0.25) is 9.59 Å². The lowest BCUT2D eigenvalue weighted by Crippen LogP contribution is -2.52. The number of rotatable bonds is 10. The second-order valence-corrected chi connectivity index (χ2v) is 9.05. The minimum absolute atomic E-state index is 0.0877. The molecule has 35 heavy (non-hydrogen) atoms. The maximum absolute atomic E-state index is 13.5. The van der Waals surface area contributed by atoms with E-state index < -0.39 is 6.04 Å². The Morgan fingerprint density at radius 2 is 1.60 bits per heavy atom. The molecule has 6 heteroatoms. The molecule has 0 bridgehead atoms. The van der Waals surface area contributed by atoms with Gasteiger partial charge in [-0.2, -0.15) is 0 Å². The van der Waals surface area contributed by atoms with Crippen LogP contribution in [0.4, 0.5) is 4.39 Å². The summed E-state index contributed by atoms with van der Waals surface area (Å²) >= 11 is 0. The van der Waals surface area contributed by atoms with Crippen molar-refractivity contribution in [2.75, 3.05) is 6.61 Å². The molecule has 3 aromatic rings. The third-order valence-electron chi connectivity index (χ3n) is 5.81. The molecule has 1 N–H and O–H groups in total. The molecular formula is C29H33FN2O3. The van der Waals surface area contributed by atoms with Crippen LogP contribution in [0.5, 0.6) is 5.75 Å². The van der Waals surface area contributed by atoms with Crippen LogP contribution in [0, 0.1) is 19.7 Å². The molecule has 5 nitrogen and oxygen atoms in total. The summed E-state index contributed by atoms with van der Waals surface area (Å²) < 4.78 is 19.3. The molecule has 0 spiro atoms. The Hall–Kier alpha value is -3.67. The SMILES string of the molecule is Cc1ccc(OCC(=O)N(Cc2ccc(F)cc2)[C@H](Cc2ccccc2)C(=O)NC(C)C)cc1C. The molecule has 0 unspecified atom stereocenters. The van der Waals surface area contributed by atoms with Crippen LogP contribution in [0.1, 0.15) is 36.1 Å². The van der Waals surface area contributed by atoms with Gasteiger partial charge >= 0.3 is 0 Å². The third-order valence-corrected chi connectivity index (χ3v) is 5.81. The summed E-state index contributed by atoms with van der Waals surface area (Å²) in [5.41, 5.74) is 3.86. The van der Waals surface area contributed by atoms with Gasteiger partial charge < -0.3 is 15.0 Å². The van der Waals surface area contributed by atoms with Crippen LogP contribution in [0.15, 0.2) is 72.8 Å². The zero-order valence-electron chi connectivity index (χ0n) is 20.8. The van der Waals surface area contributed by atoms with Crippen molar-refractivity contribution in [3.63, 3.8) is 0 Å². The maximum Gasteiger partial charge on any atom is 0.261 e. The first-order valence-corrected chi connectivity index (χ1v) is 11.8. The van der Waals surface area contributed by atoms with Crippen molar-refractivity contribution < 1.29 is 18.7 Å². The lowest BCUT2D eigenvalue weighted by atomic mass is 10.0. The number of nitrogens with zero attached hydrogens (tertiary/aromatic N) is 1. The smallest absolute Gasteiger partial charge is 0.261 e. The highest BCUT2D eigenvalue weighted by molar-refractivity contribution is 5.88. The lowest BCUT2D eigenvalue weighted by molar-refractivity contribution is -0.143. The number of aryl methyl sites for hydroxylation is 2. The Labute approximate surface area is 206 Å². The molecular weight excluding hydrogens is 443 g/mol. The lowest BCUT2D eigenvalue weighted by Gasteiger charge is -2.32. The van der Waals surface area contributed by atoms with E-state index in [1.54, 1.807) is 12.1 Å². The Morgan fingerprint density at radius 3 is 2.23 bits per heavy atom. The summed E-state index contributed by atoms with van der Waals surface area (Å²) in [6.45, 7) is 7.69. The summed E-state index contributed by atoms with van der Waals surface area (Å²) in [5.74, 6) is -0.338. The van der Waals surface area contributed by atoms with Crippen molar-refractivity contribution >= 4 is 11.8 Å². The van der Waals surface area contributed by atoms with Gasteiger partial charge in [0.05, 0.1) is 0 Å². The predicted molar refractivity (Wildman–Crippen MR) is 136 cm³/mol. The normalized spacial score (nSPS) is 11.7. The minimum atomic E-state index is -0.763. The van der Waals surface area contributed by atoms with Gasteiger partial charge in [-0.25, -0.2) is 4.39 Å². The molecule has 0 heterocycles. The van der Waals surface area contributed by atoms with Crippen LogP contribution in [0.25, 0.3) is 0 Å². The van der Waals surface area contributed by atoms with Gasteiger partial charge in [0, 0.05) is 19.0 Å². The molecule has 1 atom stereocenters. The van der Waals surface area contributed by atoms with E-state index in [1.165, 1.54) is 17.0 Å². The first kappa shape index (κ1) is 25.9. The third kappa shape index (κ3) is 7.67. The van der Waals surface area contributed by atoms with Crippen LogP contribution in [0.3, 0.4) is 0 Å². The van der Waals surface area contributed by atoms with Gasteiger partial charge in [0.25, 0.3) is 5.91 Å². The zero-order chi connectivity index (χ0) is 25.4. The van der Waals surface area contributed by atoms with E-state index in [4.69, 9.17) is 4.74 Å². The van der Waals surface area contributed by atoms with Crippen LogP contribution in [0.2, 0.25) is 0 Å². The molecule has 0 saturated heterocycles. The van der Waals surface area contributed by atoms with Crippen molar-refractivity contribution in [3.05, 3.63) is 101 Å². The van der Waals surface area contributed by atoms with Crippen LogP contribution in [-0.4, -0.2) is 35.4 Å². The average Bonchev–Trinajstić information content (AvgIpc) is 2.83. The Bertz CT molecular complexity index is 1130. The second kappa shape index (κ2) is 12.2. The van der Waals surface area contributed by atoms with Crippen molar-refractivity contribution in [1.29, 1.82) is 0 Å². The molecule has 184 valence electrons. The van der Waals surface area contributed by atoms with Crippen LogP contribution >= 0.6 is 0 Å². The monoisotopic (exact) mass is 476 g/mol. The van der Waals surface area contributed by atoms with E-state index in [2.05, 4.69) is 5.32 Å². The molecule has 0 aliphatic carbocycles. The maximum atomic E-state index is 13.5. The van der Waals surface area contributed by atoms with Gasteiger partial charge in [0.1, 0.15) is 17.6 Å². The van der Waals surface area contributed by atoms with E-state index in [0.29, 0.717) is 12.2 Å². The average molecular weight is 477 g/mol. The minimum Gasteiger partial charge on any atom is -0.484 e. The summed E-state index contributed by atoms with van der Waals surface area (Å²) in [6.07, 6.45) is 0.343. The fourth-order valence-corrected chi connectivity index (χ4v) is 3.75. The highest BCUT2D eigenvalue weighted by atomic mass is 19.1. The van der Waals surface area contributed by atoms with E-state index in [0.717, 1.165) is 22.3 Å². The number of ether oxygens (including phenoxy) is 1. The molecule has 0 aromatic heterocycles. The predicted octanol–water partition coefficient (Wildman–Crippen LogP) is 4.99. The quantitative estimate of drug-likeness (QED) is 0.449. The van der Waals surface area contributed by atoms with Crippen molar-refractivity contribution in [1.82, 2.24) is 10.2 Å². The number of carbonyl (C=O) groups excluding carboxylic acids is 2. The fraction of sp³-hybridized carbons (Fsp3) is 0.310. The van der Waals surface area contributed by atoms with E-state index in [-0.39, 0.29) is 36.8 Å². The largest absolute Gasteiger partial charge is 0.484 e. The number of hydrogen-bond donors (Lipinski definition) is 1. The van der Waals surface area contributed by atoms with Crippen molar-refractivity contribution in [2.24, 2.45) is 0 Å². The molecule has 2 amide bonds. The summed E-state index contributed by atoms with van der Waals surface area (Å²) in [6, 6.07) is 20.3. The molecule has 0 aliphatic heterocycles. The van der Waals surface area contributed by atoms with Gasteiger partial charge in [0.15, 0.2) is 6.61 Å². The van der Waals surface area contributed by atoms with E-state index >= 15 is 0 Å². The molecule has 0 radical (unpaired) electrons. The first-order chi connectivity index (χ1) is 16.7. The number of amides is 2. The number of nitrogens with one attached hydrogen (secondary N) is 1. The number of hydrogen-bond acceptors (Lipinski definition) is 3. The molecule has 0 aliphatic rings. The Morgan fingerprint density at radius 1 is 0.914 bits per heavy atom.